The van der Waals surface area contributed by atoms with E-state index in [2.05, 4.69) is 9.97 Å². The van der Waals surface area contributed by atoms with Crippen molar-refractivity contribution in [1.82, 2.24) is 9.97 Å². The third kappa shape index (κ3) is 3.49. The lowest BCUT2D eigenvalue weighted by molar-refractivity contribution is 0.465. The highest BCUT2D eigenvalue weighted by Crippen LogP contribution is 2.34. The summed E-state index contributed by atoms with van der Waals surface area (Å²) >= 11 is 12.2. The number of aromatic nitrogens is 2. The monoisotopic (exact) mass is 423 g/mol. The first-order valence-electron chi connectivity index (χ1n) is 8.36. The quantitative estimate of drug-likeness (QED) is 0.337. The molecule has 0 aliphatic heterocycles. The summed E-state index contributed by atoms with van der Waals surface area (Å²) in [5.74, 6) is -0.150. The predicted octanol–water partition coefficient (Wildman–Crippen LogP) is 5.44. The molecule has 2 heterocycles. The Morgan fingerprint density at radius 3 is 2.72 bits per heavy atom. The number of aromatic amines is 1. The number of hydrogen-bond donors (Lipinski definition) is 2. The Kier molecular flexibility index (Phi) is 4.85. The van der Waals surface area contributed by atoms with Gasteiger partial charge in [0.15, 0.2) is 17.3 Å². The van der Waals surface area contributed by atoms with Crippen LogP contribution in [0.3, 0.4) is 0 Å². The number of para-hydroxylation sites is 1. The SMILES string of the molecule is N#C/C(=C(/O)c1ccc(-c2cc(Cl)ccc2Cl)o1)c1nc2ccccc2c(=O)[nH]1. The average Bonchev–Trinajstić information content (AvgIpc) is 3.20. The highest BCUT2D eigenvalue weighted by molar-refractivity contribution is 6.35. The number of aliphatic hydroxyl groups excluding tert-OH is 1. The van der Waals surface area contributed by atoms with Crippen molar-refractivity contribution in [3.05, 3.63) is 86.6 Å². The Morgan fingerprint density at radius 2 is 1.93 bits per heavy atom. The number of allylic oxidation sites excluding steroid dienone is 1. The molecule has 4 aromatic rings. The molecule has 8 heteroatoms. The summed E-state index contributed by atoms with van der Waals surface area (Å²) < 4.78 is 5.67. The van der Waals surface area contributed by atoms with Crippen molar-refractivity contribution in [3.63, 3.8) is 0 Å². The highest BCUT2D eigenvalue weighted by Gasteiger charge is 2.18. The Bertz CT molecular complexity index is 1380. The molecular formula is C21H11Cl2N3O3. The van der Waals surface area contributed by atoms with Crippen LogP contribution in [0.25, 0.3) is 33.6 Å². The fraction of sp³-hybridized carbons (Fsp3) is 0. The maximum absolute atomic E-state index is 12.3. The van der Waals surface area contributed by atoms with Gasteiger partial charge in [0, 0.05) is 10.6 Å². The normalized spacial score (nSPS) is 11.9. The largest absolute Gasteiger partial charge is 0.503 e. The van der Waals surface area contributed by atoms with E-state index in [0.717, 1.165) is 0 Å². The zero-order chi connectivity index (χ0) is 20.5. The van der Waals surface area contributed by atoms with Crippen LogP contribution in [-0.2, 0) is 0 Å². The summed E-state index contributed by atoms with van der Waals surface area (Å²) in [5.41, 5.74) is 0.287. The summed E-state index contributed by atoms with van der Waals surface area (Å²) in [5, 5.41) is 21.5. The maximum Gasteiger partial charge on any atom is 0.259 e. The van der Waals surface area contributed by atoms with E-state index in [0.29, 0.717) is 32.3 Å². The number of benzene rings is 2. The van der Waals surface area contributed by atoms with Crippen molar-refractivity contribution in [2.75, 3.05) is 0 Å². The minimum Gasteiger partial charge on any atom is -0.503 e. The second kappa shape index (κ2) is 7.47. The summed E-state index contributed by atoms with van der Waals surface area (Å²) in [4.78, 5) is 19.1. The van der Waals surface area contributed by atoms with Crippen LogP contribution in [-0.4, -0.2) is 15.1 Å². The number of aliphatic hydroxyl groups is 1. The predicted molar refractivity (Wildman–Crippen MR) is 112 cm³/mol. The first-order chi connectivity index (χ1) is 14.0. The number of fused-ring (bicyclic) bond motifs is 1. The van der Waals surface area contributed by atoms with E-state index in [9.17, 15) is 15.2 Å². The highest BCUT2D eigenvalue weighted by atomic mass is 35.5. The first kappa shape index (κ1) is 18.8. The molecule has 142 valence electrons. The van der Waals surface area contributed by atoms with Crippen LogP contribution in [0.4, 0.5) is 0 Å². The lowest BCUT2D eigenvalue weighted by Gasteiger charge is -2.04. The molecule has 0 bridgehead atoms. The summed E-state index contributed by atoms with van der Waals surface area (Å²) in [6, 6.07) is 16.5. The molecular weight excluding hydrogens is 413 g/mol. The molecule has 2 aromatic carbocycles. The van der Waals surface area contributed by atoms with Gasteiger partial charge >= 0.3 is 0 Å². The number of rotatable bonds is 3. The van der Waals surface area contributed by atoms with Crippen molar-refractivity contribution >= 4 is 45.4 Å². The Balaban J connectivity index is 1.83. The second-order valence-electron chi connectivity index (χ2n) is 6.06. The van der Waals surface area contributed by atoms with Crippen molar-refractivity contribution in [3.8, 4) is 17.4 Å². The third-order valence-corrected chi connectivity index (χ3v) is 4.80. The van der Waals surface area contributed by atoms with Crippen LogP contribution in [0.5, 0.6) is 0 Å². The fourth-order valence-electron chi connectivity index (χ4n) is 2.84. The first-order valence-corrected chi connectivity index (χ1v) is 9.12. The standard InChI is InChI=1S/C21H11Cl2N3O3/c22-11-5-6-15(23)13(9-11)17-7-8-18(29-17)19(27)14(10-24)20-25-16-4-2-1-3-12(16)21(28)26-20/h1-9,27H,(H,25,26,28)/b19-14-. The minimum atomic E-state index is -0.463. The molecule has 0 spiro atoms. The van der Waals surface area contributed by atoms with Gasteiger partial charge in [-0.25, -0.2) is 4.98 Å². The van der Waals surface area contributed by atoms with Gasteiger partial charge in [0.25, 0.3) is 5.56 Å². The smallest absolute Gasteiger partial charge is 0.259 e. The molecule has 0 unspecified atom stereocenters. The van der Waals surface area contributed by atoms with Crippen molar-refractivity contribution in [2.24, 2.45) is 0 Å². The van der Waals surface area contributed by atoms with E-state index in [1.54, 1.807) is 48.5 Å². The molecule has 0 amide bonds. The fourth-order valence-corrected chi connectivity index (χ4v) is 3.23. The topological polar surface area (TPSA) is 103 Å². The second-order valence-corrected chi connectivity index (χ2v) is 6.90. The van der Waals surface area contributed by atoms with Gasteiger partial charge in [-0.3, -0.25) is 4.79 Å². The van der Waals surface area contributed by atoms with Gasteiger partial charge in [-0.15, -0.1) is 0 Å². The molecule has 0 saturated heterocycles. The molecule has 0 fully saturated rings. The van der Waals surface area contributed by atoms with Gasteiger partial charge in [-0.2, -0.15) is 5.26 Å². The van der Waals surface area contributed by atoms with Crippen LogP contribution < -0.4 is 5.56 Å². The van der Waals surface area contributed by atoms with Gasteiger partial charge in [0.05, 0.1) is 15.9 Å². The van der Waals surface area contributed by atoms with Gasteiger partial charge in [-0.1, -0.05) is 35.3 Å². The number of hydrogen-bond acceptors (Lipinski definition) is 5. The zero-order valence-corrected chi connectivity index (χ0v) is 16.1. The summed E-state index contributed by atoms with van der Waals surface area (Å²) in [6.45, 7) is 0. The summed E-state index contributed by atoms with van der Waals surface area (Å²) in [7, 11) is 0. The molecule has 2 N–H and O–H groups in total. The van der Waals surface area contributed by atoms with Crippen LogP contribution >= 0.6 is 23.2 Å². The lowest BCUT2D eigenvalue weighted by Crippen LogP contribution is -2.11. The van der Waals surface area contributed by atoms with Crippen LogP contribution in [0.1, 0.15) is 11.6 Å². The van der Waals surface area contributed by atoms with E-state index < -0.39 is 11.3 Å². The van der Waals surface area contributed by atoms with E-state index >= 15 is 0 Å². The van der Waals surface area contributed by atoms with Crippen LogP contribution in [0, 0.1) is 11.3 Å². The average molecular weight is 424 g/mol. The van der Waals surface area contributed by atoms with Gasteiger partial charge < -0.3 is 14.5 Å². The number of furan rings is 1. The van der Waals surface area contributed by atoms with E-state index in [1.807, 2.05) is 6.07 Å². The molecule has 0 radical (unpaired) electrons. The maximum atomic E-state index is 12.3. The third-order valence-electron chi connectivity index (χ3n) is 4.23. The minimum absolute atomic E-state index is 0.0170. The van der Waals surface area contributed by atoms with E-state index in [-0.39, 0.29) is 17.2 Å². The summed E-state index contributed by atoms with van der Waals surface area (Å²) in [6.07, 6.45) is 0. The molecule has 29 heavy (non-hydrogen) atoms. The lowest BCUT2D eigenvalue weighted by atomic mass is 10.1. The van der Waals surface area contributed by atoms with Gasteiger partial charge in [-0.05, 0) is 42.5 Å². The number of H-pyrrole nitrogens is 1. The van der Waals surface area contributed by atoms with Crippen molar-refractivity contribution < 1.29 is 9.52 Å². The molecule has 0 saturated carbocycles. The molecule has 2 aromatic heterocycles. The van der Waals surface area contributed by atoms with E-state index in [4.69, 9.17) is 27.6 Å². The Hall–Kier alpha value is -3.53. The van der Waals surface area contributed by atoms with Crippen molar-refractivity contribution in [2.45, 2.75) is 0 Å². The van der Waals surface area contributed by atoms with Crippen molar-refractivity contribution in [1.29, 1.82) is 5.26 Å². The molecule has 4 rings (SSSR count). The Labute approximate surface area is 174 Å². The molecule has 0 aliphatic rings. The van der Waals surface area contributed by atoms with E-state index in [1.165, 1.54) is 6.07 Å². The number of nitriles is 1. The van der Waals surface area contributed by atoms with Crippen LogP contribution in [0.2, 0.25) is 10.0 Å². The molecule has 6 nitrogen and oxygen atoms in total. The van der Waals surface area contributed by atoms with Crippen LogP contribution in [0.15, 0.2) is 63.8 Å². The Morgan fingerprint density at radius 1 is 1.14 bits per heavy atom. The number of halogens is 2. The molecule has 0 aliphatic carbocycles. The zero-order valence-electron chi connectivity index (χ0n) is 14.6. The van der Waals surface area contributed by atoms with Gasteiger partial charge in [0.2, 0.25) is 0 Å². The number of nitrogens with one attached hydrogen (secondary N) is 1. The van der Waals surface area contributed by atoms with Gasteiger partial charge in [0.1, 0.15) is 17.4 Å². The number of nitrogens with zero attached hydrogens (tertiary/aromatic N) is 2. The molecule has 0 atom stereocenters.